The molecule has 2 aromatic heterocycles. The van der Waals surface area contributed by atoms with Gasteiger partial charge in [-0.1, -0.05) is 107 Å². The molecular formula is C43H54N2O11. The largest absolute Gasteiger partial charge is 0.457 e. The second-order valence-electron chi connectivity index (χ2n) is 15.1. The van der Waals surface area contributed by atoms with Crippen molar-refractivity contribution in [2.45, 2.75) is 116 Å². The highest BCUT2D eigenvalue weighted by Gasteiger charge is 2.41. The maximum Gasteiger partial charge on any atom is 0.360 e. The number of hydrogen-bond acceptors (Lipinski definition) is 13. The fourth-order valence-electron chi connectivity index (χ4n) is 6.10. The number of cyclic esters (lactones) is 2. The SMILES string of the molecule is C/C=C/C(O)C(C)(C)C1C/C=C\C2OC2/C=C/C(OC)Cc2nc(co2)C(=O)OC(C(C)(C)C(O)/C=C/C)C/C=C\C2OC2/C=C/C=C\c2nc(co2)C(=O)O1. The molecule has 5 heterocycles. The summed E-state index contributed by atoms with van der Waals surface area (Å²) in [7, 11) is 1.56. The van der Waals surface area contributed by atoms with Gasteiger partial charge in [0, 0.05) is 36.9 Å². The zero-order valence-corrected chi connectivity index (χ0v) is 33.0. The number of aliphatic hydroxyl groups excluding tert-OH is 2. The summed E-state index contributed by atoms with van der Waals surface area (Å²) in [5.41, 5.74) is -1.68. The van der Waals surface area contributed by atoms with Gasteiger partial charge in [0.25, 0.3) is 0 Å². The van der Waals surface area contributed by atoms with Gasteiger partial charge in [-0.25, -0.2) is 19.6 Å². The van der Waals surface area contributed by atoms with Crippen molar-refractivity contribution in [3.63, 3.8) is 0 Å². The van der Waals surface area contributed by atoms with Gasteiger partial charge in [-0.15, -0.1) is 0 Å². The Kier molecular flexibility index (Phi) is 14.4. The quantitative estimate of drug-likeness (QED) is 0.178. The molecule has 0 aromatic carbocycles. The molecule has 13 heteroatoms. The number of rotatable bonds is 7. The highest BCUT2D eigenvalue weighted by atomic mass is 16.6. The van der Waals surface area contributed by atoms with Crippen molar-refractivity contribution in [2.75, 3.05) is 7.11 Å². The fourth-order valence-corrected chi connectivity index (χ4v) is 6.10. The van der Waals surface area contributed by atoms with Gasteiger partial charge in [0.2, 0.25) is 5.89 Å². The van der Waals surface area contributed by atoms with Gasteiger partial charge in [0.15, 0.2) is 17.3 Å². The summed E-state index contributed by atoms with van der Waals surface area (Å²) in [4.78, 5) is 35.3. The Labute approximate surface area is 328 Å². The van der Waals surface area contributed by atoms with Gasteiger partial charge in [-0.05, 0) is 13.8 Å². The Balaban J connectivity index is 1.37. The molecule has 9 atom stereocenters. The van der Waals surface area contributed by atoms with Crippen LogP contribution in [0.2, 0.25) is 0 Å². The number of aromatic nitrogens is 2. The monoisotopic (exact) mass is 774 g/mol. The second-order valence-corrected chi connectivity index (χ2v) is 15.1. The van der Waals surface area contributed by atoms with E-state index in [2.05, 4.69) is 9.97 Å². The summed E-state index contributed by atoms with van der Waals surface area (Å²) in [6, 6.07) is 0. The van der Waals surface area contributed by atoms with Crippen LogP contribution < -0.4 is 0 Å². The standard InChI is InChI=1S/C43H54N2O11/c1-8-14-34(46)42(3,4)36-20-13-18-32-33(54-32)23-22-27(50-7)24-39-45-29(26-52-39)41(49)56-37(43(5,6)35(47)15-9-2)19-12-17-31-30(53-31)16-10-11-21-38-44-28(25-51-38)40(48)55-36/h8-18,21-23,25-27,30-37,46-47H,19-20,24H2,1-7H3/b14-8+,15-9+,16-10+,17-12-,18-13-,21-11-,23-22+. The van der Waals surface area contributed by atoms with Crippen LogP contribution in [0.3, 0.4) is 0 Å². The molecule has 0 saturated carbocycles. The third kappa shape index (κ3) is 11.2. The molecule has 4 bridgehead atoms. The number of esters is 2. The number of hydrogen-bond donors (Lipinski definition) is 2. The first kappa shape index (κ1) is 42.5. The van der Waals surface area contributed by atoms with Crippen LogP contribution in [0.1, 0.15) is 87.1 Å². The molecule has 9 unspecified atom stereocenters. The van der Waals surface area contributed by atoms with E-state index in [0.717, 1.165) is 0 Å². The summed E-state index contributed by atoms with van der Waals surface area (Å²) >= 11 is 0. The van der Waals surface area contributed by atoms with Crippen LogP contribution in [0.4, 0.5) is 0 Å². The van der Waals surface area contributed by atoms with Crippen LogP contribution >= 0.6 is 0 Å². The Morgan fingerprint density at radius 1 is 0.732 bits per heavy atom. The zero-order valence-electron chi connectivity index (χ0n) is 33.0. The minimum atomic E-state index is -0.884. The summed E-state index contributed by atoms with van der Waals surface area (Å²) < 4.78 is 40.3. The summed E-state index contributed by atoms with van der Waals surface area (Å²) in [5.74, 6) is -0.844. The van der Waals surface area contributed by atoms with Gasteiger partial charge < -0.3 is 42.7 Å². The van der Waals surface area contributed by atoms with Crippen molar-refractivity contribution >= 4 is 18.0 Å². The van der Waals surface area contributed by atoms with Gasteiger partial charge in [-0.3, -0.25) is 0 Å². The third-order valence-electron chi connectivity index (χ3n) is 10.2. The van der Waals surface area contributed by atoms with E-state index in [4.69, 9.17) is 32.5 Å². The lowest BCUT2D eigenvalue weighted by atomic mass is 9.79. The first-order valence-electron chi connectivity index (χ1n) is 18.9. The van der Waals surface area contributed by atoms with Crippen LogP contribution in [-0.4, -0.2) is 94.2 Å². The molecule has 5 rings (SSSR count). The Morgan fingerprint density at radius 3 is 1.80 bits per heavy atom. The van der Waals surface area contributed by atoms with Crippen molar-refractivity contribution in [1.29, 1.82) is 0 Å². The minimum Gasteiger partial charge on any atom is -0.457 e. The van der Waals surface area contributed by atoms with Crippen LogP contribution in [0, 0.1) is 10.8 Å². The second kappa shape index (κ2) is 19.0. The summed E-state index contributed by atoms with van der Waals surface area (Å²) in [6.45, 7) is 11.0. The highest BCUT2D eigenvalue weighted by molar-refractivity contribution is 5.87. The molecule has 56 heavy (non-hydrogen) atoms. The lowest BCUT2D eigenvalue weighted by Gasteiger charge is -2.36. The number of epoxide rings is 2. The van der Waals surface area contributed by atoms with Gasteiger partial charge >= 0.3 is 11.9 Å². The van der Waals surface area contributed by atoms with Crippen molar-refractivity contribution < 1.29 is 52.3 Å². The molecule has 2 fully saturated rings. The topological polar surface area (TPSA) is 179 Å². The van der Waals surface area contributed by atoms with E-state index in [9.17, 15) is 19.8 Å². The van der Waals surface area contributed by atoms with E-state index in [-0.39, 0.29) is 54.0 Å². The molecular weight excluding hydrogens is 720 g/mol. The fraction of sp³-hybridized carbons (Fsp3) is 0.488. The number of aliphatic hydroxyl groups is 2. The molecule has 302 valence electrons. The van der Waals surface area contributed by atoms with Crippen LogP contribution in [-0.2, 0) is 30.1 Å². The normalized spacial score (nSPS) is 30.9. The number of methoxy groups -OCH3 is 1. The Bertz CT molecular complexity index is 1840. The van der Waals surface area contributed by atoms with E-state index in [1.54, 1.807) is 49.6 Å². The third-order valence-corrected chi connectivity index (χ3v) is 10.2. The van der Waals surface area contributed by atoms with Crippen molar-refractivity contribution in [3.8, 4) is 0 Å². The van der Waals surface area contributed by atoms with E-state index in [1.165, 1.54) is 12.5 Å². The Morgan fingerprint density at radius 2 is 1.25 bits per heavy atom. The number of ether oxygens (including phenoxy) is 5. The van der Waals surface area contributed by atoms with E-state index in [1.807, 2.05) is 84.1 Å². The summed E-state index contributed by atoms with van der Waals surface area (Å²) in [6.07, 6.45) is 24.1. The number of oxazole rings is 2. The van der Waals surface area contributed by atoms with E-state index < -0.39 is 53.3 Å². The summed E-state index contributed by atoms with van der Waals surface area (Å²) in [5, 5.41) is 21.9. The molecule has 0 aliphatic carbocycles. The first-order valence-corrected chi connectivity index (χ1v) is 18.9. The van der Waals surface area contributed by atoms with Crippen molar-refractivity contribution in [3.05, 3.63) is 115 Å². The number of fused-ring (bicyclic) bond motifs is 6. The molecule has 2 N–H and O–H groups in total. The van der Waals surface area contributed by atoms with Gasteiger partial charge in [-0.2, -0.15) is 0 Å². The van der Waals surface area contributed by atoms with E-state index >= 15 is 0 Å². The first-order chi connectivity index (χ1) is 26.8. The number of carbonyl (C=O) groups excluding carboxylic acids is 2. The predicted molar refractivity (Wildman–Crippen MR) is 207 cm³/mol. The molecule has 0 radical (unpaired) electrons. The molecule has 0 spiro atoms. The highest BCUT2D eigenvalue weighted by Crippen LogP contribution is 2.35. The van der Waals surface area contributed by atoms with Gasteiger partial charge in [0.05, 0.1) is 24.7 Å². The molecule has 3 aliphatic heterocycles. The molecule has 2 saturated heterocycles. The predicted octanol–water partition coefficient (Wildman–Crippen LogP) is 6.46. The maximum atomic E-state index is 13.4. The lowest BCUT2D eigenvalue weighted by Crippen LogP contribution is -2.42. The average Bonchev–Trinajstić information content (AvgIpc) is 3.96. The number of carbonyl (C=O) groups is 2. The van der Waals surface area contributed by atoms with Crippen LogP contribution in [0.25, 0.3) is 6.08 Å². The zero-order chi connectivity index (χ0) is 40.5. The lowest BCUT2D eigenvalue weighted by molar-refractivity contribution is -0.0461. The molecule has 3 aliphatic rings. The van der Waals surface area contributed by atoms with Crippen molar-refractivity contribution in [1.82, 2.24) is 9.97 Å². The number of allylic oxidation sites excluding steroid dienone is 4. The van der Waals surface area contributed by atoms with Gasteiger partial charge in [0.1, 0.15) is 49.2 Å². The van der Waals surface area contributed by atoms with E-state index in [0.29, 0.717) is 12.8 Å². The minimum absolute atomic E-state index is 0.00381. The van der Waals surface area contributed by atoms with Crippen molar-refractivity contribution in [2.24, 2.45) is 10.8 Å². The Hall–Kier alpha value is -4.66. The number of nitrogens with zero attached hydrogens (tertiary/aromatic N) is 2. The van der Waals surface area contributed by atoms with Crippen LogP contribution in [0.5, 0.6) is 0 Å². The van der Waals surface area contributed by atoms with Crippen LogP contribution in [0.15, 0.2) is 100 Å². The maximum absolute atomic E-state index is 13.4. The average molecular weight is 775 g/mol. The molecule has 13 nitrogen and oxygen atoms in total. The molecule has 2 aromatic rings. The smallest absolute Gasteiger partial charge is 0.360 e. The molecule has 0 amide bonds.